The average Bonchev–Trinajstić information content (AvgIpc) is 2.61. The standard InChI is InChI=1S/C14H25NO2/c1-10-9-15(8-6-12(10)16)13(17)11-5-4-7-14(11,2)3/h10-12,16H,4-9H2,1-3H3. The number of rotatable bonds is 1. The monoisotopic (exact) mass is 239 g/mol. The van der Waals surface area contributed by atoms with E-state index in [4.69, 9.17) is 0 Å². The van der Waals surface area contributed by atoms with Crippen LogP contribution in [0, 0.1) is 17.3 Å². The van der Waals surface area contributed by atoms with Crippen LogP contribution in [-0.2, 0) is 4.79 Å². The molecule has 1 saturated heterocycles. The zero-order valence-electron chi connectivity index (χ0n) is 11.3. The van der Waals surface area contributed by atoms with Gasteiger partial charge in [-0.15, -0.1) is 0 Å². The summed E-state index contributed by atoms with van der Waals surface area (Å²) in [7, 11) is 0. The first-order valence-corrected chi connectivity index (χ1v) is 6.88. The van der Waals surface area contributed by atoms with Gasteiger partial charge in [0.15, 0.2) is 0 Å². The first-order valence-electron chi connectivity index (χ1n) is 6.88. The van der Waals surface area contributed by atoms with Crippen molar-refractivity contribution in [1.82, 2.24) is 4.90 Å². The van der Waals surface area contributed by atoms with E-state index in [1.807, 2.05) is 11.8 Å². The van der Waals surface area contributed by atoms with E-state index >= 15 is 0 Å². The first-order chi connectivity index (χ1) is 7.92. The second-order valence-electron chi connectivity index (χ2n) is 6.55. The Morgan fingerprint density at radius 2 is 2.06 bits per heavy atom. The molecule has 0 radical (unpaired) electrons. The second kappa shape index (κ2) is 4.60. The number of likely N-dealkylation sites (tertiary alicyclic amines) is 1. The number of amides is 1. The molecule has 3 nitrogen and oxygen atoms in total. The molecule has 1 amide bonds. The largest absolute Gasteiger partial charge is 0.393 e. The normalized spacial score (nSPS) is 37.2. The summed E-state index contributed by atoms with van der Waals surface area (Å²) >= 11 is 0. The Hall–Kier alpha value is -0.570. The quantitative estimate of drug-likeness (QED) is 0.760. The van der Waals surface area contributed by atoms with Crippen molar-refractivity contribution in [2.75, 3.05) is 13.1 Å². The molecule has 2 fully saturated rings. The van der Waals surface area contributed by atoms with E-state index in [-0.39, 0.29) is 23.4 Å². The lowest BCUT2D eigenvalue weighted by molar-refractivity contribution is -0.141. The molecule has 1 N–H and O–H groups in total. The minimum atomic E-state index is -0.226. The van der Waals surface area contributed by atoms with Gasteiger partial charge in [0.1, 0.15) is 0 Å². The molecule has 3 heteroatoms. The van der Waals surface area contributed by atoms with E-state index in [2.05, 4.69) is 13.8 Å². The third-order valence-corrected chi connectivity index (χ3v) is 4.73. The minimum absolute atomic E-state index is 0.163. The molecule has 1 aliphatic heterocycles. The maximum Gasteiger partial charge on any atom is 0.226 e. The lowest BCUT2D eigenvalue weighted by Crippen LogP contribution is -2.48. The number of hydrogen-bond acceptors (Lipinski definition) is 2. The molecule has 1 aliphatic carbocycles. The summed E-state index contributed by atoms with van der Waals surface area (Å²) in [6.45, 7) is 7.92. The topological polar surface area (TPSA) is 40.5 Å². The highest BCUT2D eigenvalue weighted by Crippen LogP contribution is 2.43. The molecule has 1 saturated carbocycles. The fourth-order valence-corrected chi connectivity index (χ4v) is 3.34. The smallest absolute Gasteiger partial charge is 0.226 e. The second-order valence-corrected chi connectivity index (χ2v) is 6.55. The highest BCUT2D eigenvalue weighted by molar-refractivity contribution is 5.80. The molecular formula is C14H25NO2. The van der Waals surface area contributed by atoms with Gasteiger partial charge in [-0.05, 0) is 30.6 Å². The molecule has 17 heavy (non-hydrogen) atoms. The van der Waals surface area contributed by atoms with Gasteiger partial charge in [-0.25, -0.2) is 0 Å². The molecule has 0 aromatic carbocycles. The van der Waals surface area contributed by atoms with E-state index in [0.717, 1.165) is 32.4 Å². The number of hydrogen-bond donors (Lipinski definition) is 1. The maximum atomic E-state index is 12.5. The van der Waals surface area contributed by atoms with Crippen molar-refractivity contribution in [3.63, 3.8) is 0 Å². The Labute approximate surface area is 104 Å². The number of piperidine rings is 1. The van der Waals surface area contributed by atoms with Crippen molar-refractivity contribution in [3.8, 4) is 0 Å². The lowest BCUT2D eigenvalue weighted by Gasteiger charge is -2.38. The molecule has 2 aliphatic rings. The number of carbonyl (C=O) groups excluding carboxylic acids is 1. The molecular weight excluding hydrogens is 214 g/mol. The van der Waals surface area contributed by atoms with Crippen LogP contribution in [-0.4, -0.2) is 35.1 Å². The van der Waals surface area contributed by atoms with Crippen LogP contribution in [0.4, 0.5) is 0 Å². The van der Waals surface area contributed by atoms with E-state index in [0.29, 0.717) is 5.91 Å². The highest BCUT2D eigenvalue weighted by atomic mass is 16.3. The summed E-state index contributed by atoms with van der Waals surface area (Å²) in [6, 6.07) is 0. The summed E-state index contributed by atoms with van der Waals surface area (Å²) in [5.74, 6) is 0.744. The van der Waals surface area contributed by atoms with Crippen molar-refractivity contribution >= 4 is 5.91 Å². The zero-order chi connectivity index (χ0) is 12.6. The van der Waals surface area contributed by atoms with Gasteiger partial charge in [0.05, 0.1) is 6.10 Å². The number of carbonyl (C=O) groups is 1. The third kappa shape index (κ3) is 2.49. The van der Waals surface area contributed by atoms with Crippen LogP contribution in [0.3, 0.4) is 0 Å². The van der Waals surface area contributed by atoms with Crippen molar-refractivity contribution in [2.45, 2.75) is 52.6 Å². The van der Waals surface area contributed by atoms with Crippen LogP contribution in [0.1, 0.15) is 46.5 Å². The zero-order valence-corrected chi connectivity index (χ0v) is 11.3. The molecule has 3 atom stereocenters. The highest BCUT2D eigenvalue weighted by Gasteiger charge is 2.42. The maximum absolute atomic E-state index is 12.5. The van der Waals surface area contributed by atoms with E-state index < -0.39 is 0 Å². The summed E-state index contributed by atoms with van der Waals surface area (Å²) < 4.78 is 0. The molecule has 2 rings (SSSR count). The predicted molar refractivity (Wildman–Crippen MR) is 67.5 cm³/mol. The first kappa shape index (κ1) is 12.9. The van der Waals surface area contributed by atoms with Gasteiger partial charge in [-0.3, -0.25) is 4.79 Å². The molecule has 0 aromatic heterocycles. The van der Waals surface area contributed by atoms with Crippen molar-refractivity contribution in [1.29, 1.82) is 0 Å². The SMILES string of the molecule is CC1CN(C(=O)C2CCCC2(C)C)CCC1O. The van der Waals surface area contributed by atoms with Crippen LogP contribution < -0.4 is 0 Å². The Bertz CT molecular complexity index is 301. The van der Waals surface area contributed by atoms with Gasteiger partial charge in [-0.2, -0.15) is 0 Å². The van der Waals surface area contributed by atoms with Crippen LogP contribution >= 0.6 is 0 Å². The molecule has 0 spiro atoms. The van der Waals surface area contributed by atoms with Crippen LogP contribution in [0.5, 0.6) is 0 Å². The van der Waals surface area contributed by atoms with Gasteiger partial charge in [0, 0.05) is 19.0 Å². The lowest BCUT2D eigenvalue weighted by atomic mass is 9.80. The fourth-order valence-electron chi connectivity index (χ4n) is 3.34. The van der Waals surface area contributed by atoms with Crippen LogP contribution in [0.2, 0.25) is 0 Å². The molecule has 98 valence electrons. The number of aliphatic hydroxyl groups excluding tert-OH is 1. The average molecular weight is 239 g/mol. The van der Waals surface area contributed by atoms with Crippen LogP contribution in [0.15, 0.2) is 0 Å². The molecule has 3 unspecified atom stereocenters. The van der Waals surface area contributed by atoms with E-state index in [1.54, 1.807) is 0 Å². The minimum Gasteiger partial charge on any atom is -0.393 e. The van der Waals surface area contributed by atoms with Crippen molar-refractivity contribution in [3.05, 3.63) is 0 Å². The van der Waals surface area contributed by atoms with E-state index in [9.17, 15) is 9.90 Å². The predicted octanol–water partition coefficient (Wildman–Crippen LogP) is 2.04. The Kier molecular flexibility index (Phi) is 3.48. The van der Waals surface area contributed by atoms with Gasteiger partial charge in [0.25, 0.3) is 0 Å². The van der Waals surface area contributed by atoms with Crippen molar-refractivity contribution < 1.29 is 9.90 Å². The Morgan fingerprint density at radius 1 is 1.35 bits per heavy atom. The summed E-state index contributed by atoms with van der Waals surface area (Å²) in [5.41, 5.74) is 0.163. The summed E-state index contributed by atoms with van der Waals surface area (Å²) in [6.07, 6.45) is 3.89. The Morgan fingerprint density at radius 3 is 2.59 bits per heavy atom. The van der Waals surface area contributed by atoms with Crippen molar-refractivity contribution in [2.24, 2.45) is 17.3 Å². The van der Waals surface area contributed by atoms with Gasteiger partial charge >= 0.3 is 0 Å². The van der Waals surface area contributed by atoms with Crippen LogP contribution in [0.25, 0.3) is 0 Å². The molecule has 1 heterocycles. The van der Waals surface area contributed by atoms with Gasteiger partial charge < -0.3 is 10.0 Å². The van der Waals surface area contributed by atoms with E-state index in [1.165, 1.54) is 6.42 Å². The summed E-state index contributed by atoms with van der Waals surface area (Å²) in [5, 5.41) is 9.71. The third-order valence-electron chi connectivity index (χ3n) is 4.73. The summed E-state index contributed by atoms with van der Waals surface area (Å²) in [4.78, 5) is 14.5. The Balaban J connectivity index is 2.01. The fraction of sp³-hybridized carbons (Fsp3) is 0.929. The number of aliphatic hydroxyl groups is 1. The molecule has 0 aromatic rings. The van der Waals surface area contributed by atoms with Gasteiger partial charge in [-0.1, -0.05) is 27.2 Å². The molecule has 0 bridgehead atoms. The number of nitrogens with zero attached hydrogens (tertiary/aromatic N) is 1. The van der Waals surface area contributed by atoms with Gasteiger partial charge in [0.2, 0.25) is 5.91 Å².